The van der Waals surface area contributed by atoms with Gasteiger partial charge in [0.1, 0.15) is 9.84 Å². The zero-order valence-corrected chi connectivity index (χ0v) is 16.5. The maximum Gasteiger partial charge on any atom is 0.289 e. The van der Waals surface area contributed by atoms with E-state index in [2.05, 4.69) is 15.2 Å². The topological polar surface area (TPSA) is 92.5 Å². The highest BCUT2D eigenvalue weighted by Crippen LogP contribution is 2.41. The van der Waals surface area contributed by atoms with Crippen molar-refractivity contribution in [1.29, 1.82) is 0 Å². The van der Waals surface area contributed by atoms with Crippen LogP contribution in [0.4, 0.5) is 0 Å². The molecule has 1 N–H and O–H groups in total. The third kappa shape index (κ3) is 5.18. The SMILES string of the molecule is Cc1nc(C)c(C(=O)N[C@H]2CN(CCS(C)(=O)=O)C[C@@H]2C2CC2)o1.Cl. The summed E-state index contributed by atoms with van der Waals surface area (Å²) in [4.78, 5) is 18.8. The molecule has 1 aliphatic carbocycles. The number of halogens is 1. The van der Waals surface area contributed by atoms with Gasteiger partial charge in [0, 0.05) is 38.9 Å². The van der Waals surface area contributed by atoms with E-state index in [1.54, 1.807) is 13.8 Å². The molecule has 0 bridgehead atoms. The monoisotopic (exact) mass is 391 g/mol. The smallest absolute Gasteiger partial charge is 0.289 e. The van der Waals surface area contributed by atoms with Gasteiger partial charge in [0.15, 0.2) is 5.89 Å². The maximum absolute atomic E-state index is 12.5. The molecule has 142 valence electrons. The van der Waals surface area contributed by atoms with Crippen molar-refractivity contribution in [3.05, 3.63) is 17.3 Å². The van der Waals surface area contributed by atoms with Crippen LogP contribution in [-0.2, 0) is 9.84 Å². The first-order valence-corrected chi connectivity index (χ1v) is 10.4. The Hall–Kier alpha value is -1.12. The molecule has 1 aromatic rings. The summed E-state index contributed by atoms with van der Waals surface area (Å²) in [6, 6.07) is 0.0365. The van der Waals surface area contributed by atoms with Crippen LogP contribution in [0.3, 0.4) is 0 Å². The third-order valence-corrected chi connectivity index (χ3v) is 5.80. The number of aromatic nitrogens is 1. The molecule has 0 spiro atoms. The van der Waals surface area contributed by atoms with Crippen molar-refractivity contribution in [3.63, 3.8) is 0 Å². The summed E-state index contributed by atoms with van der Waals surface area (Å²) in [7, 11) is -2.97. The Morgan fingerprint density at radius 3 is 2.52 bits per heavy atom. The van der Waals surface area contributed by atoms with Crippen LogP contribution in [0, 0.1) is 25.7 Å². The number of aryl methyl sites for hydroxylation is 2. The molecule has 3 rings (SSSR count). The van der Waals surface area contributed by atoms with E-state index >= 15 is 0 Å². The molecular formula is C16H26ClN3O4S. The summed E-state index contributed by atoms with van der Waals surface area (Å²) in [5.74, 6) is 1.71. The quantitative estimate of drug-likeness (QED) is 0.783. The lowest BCUT2D eigenvalue weighted by Crippen LogP contribution is -2.41. The summed E-state index contributed by atoms with van der Waals surface area (Å²) in [5.41, 5.74) is 0.597. The van der Waals surface area contributed by atoms with E-state index < -0.39 is 9.84 Å². The van der Waals surface area contributed by atoms with E-state index in [0.29, 0.717) is 36.5 Å². The molecule has 0 unspecified atom stereocenters. The van der Waals surface area contributed by atoms with E-state index in [1.165, 1.54) is 19.1 Å². The highest BCUT2D eigenvalue weighted by atomic mass is 35.5. The molecule has 0 aromatic carbocycles. The first-order valence-electron chi connectivity index (χ1n) is 8.38. The van der Waals surface area contributed by atoms with Gasteiger partial charge in [0.25, 0.3) is 5.91 Å². The van der Waals surface area contributed by atoms with E-state index in [1.807, 2.05) is 0 Å². The lowest BCUT2D eigenvalue weighted by molar-refractivity contribution is 0.0897. The van der Waals surface area contributed by atoms with Crippen molar-refractivity contribution in [1.82, 2.24) is 15.2 Å². The number of carbonyl (C=O) groups is 1. The van der Waals surface area contributed by atoms with Gasteiger partial charge in [-0.05, 0) is 31.6 Å². The van der Waals surface area contributed by atoms with Crippen LogP contribution in [-0.4, -0.2) is 61.9 Å². The molecule has 1 saturated carbocycles. The summed E-state index contributed by atoms with van der Waals surface area (Å²) in [5, 5.41) is 3.08. The summed E-state index contributed by atoms with van der Waals surface area (Å²) >= 11 is 0. The highest BCUT2D eigenvalue weighted by Gasteiger charge is 2.43. The molecular weight excluding hydrogens is 366 g/mol. The highest BCUT2D eigenvalue weighted by molar-refractivity contribution is 7.90. The average Bonchev–Trinajstić information content (AvgIpc) is 3.15. The van der Waals surface area contributed by atoms with E-state index in [-0.39, 0.29) is 35.9 Å². The lowest BCUT2D eigenvalue weighted by atomic mass is 9.98. The number of amides is 1. The van der Waals surface area contributed by atoms with Crippen LogP contribution < -0.4 is 5.32 Å². The Kier molecular flexibility index (Phi) is 6.17. The van der Waals surface area contributed by atoms with E-state index in [9.17, 15) is 13.2 Å². The molecule has 1 amide bonds. The van der Waals surface area contributed by atoms with Gasteiger partial charge in [-0.2, -0.15) is 0 Å². The van der Waals surface area contributed by atoms with Gasteiger partial charge in [-0.15, -0.1) is 12.4 Å². The molecule has 1 saturated heterocycles. The number of nitrogens with zero attached hydrogens (tertiary/aromatic N) is 2. The van der Waals surface area contributed by atoms with Gasteiger partial charge in [0.05, 0.1) is 11.4 Å². The lowest BCUT2D eigenvalue weighted by Gasteiger charge is -2.18. The maximum atomic E-state index is 12.5. The number of carbonyl (C=O) groups excluding carboxylic acids is 1. The van der Waals surface area contributed by atoms with Crippen LogP contribution in [0.1, 0.15) is 35.0 Å². The van der Waals surface area contributed by atoms with Gasteiger partial charge in [-0.3, -0.25) is 9.69 Å². The average molecular weight is 392 g/mol. The molecule has 25 heavy (non-hydrogen) atoms. The van der Waals surface area contributed by atoms with Gasteiger partial charge < -0.3 is 9.73 Å². The van der Waals surface area contributed by atoms with Gasteiger partial charge in [-0.25, -0.2) is 13.4 Å². The van der Waals surface area contributed by atoms with Gasteiger partial charge in [-0.1, -0.05) is 0 Å². The Morgan fingerprint density at radius 2 is 2.00 bits per heavy atom. The fourth-order valence-corrected chi connectivity index (χ4v) is 4.11. The fraction of sp³-hybridized carbons (Fsp3) is 0.750. The summed E-state index contributed by atoms with van der Waals surface area (Å²) in [6.07, 6.45) is 3.64. The van der Waals surface area contributed by atoms with Crippen molar-refractivity contribution in [2.45, 2.75) is 32.7 Å². The second-order valence-corrected chi connectivity index (χ2v) is 9.38. The van der Waals surface area contributed by atoms with Crippen molar-refractivity contribution in [2.24, 2.45) is 11.8 Å². The minimum Gasteiger partial charge on any atom is -0.436 e. The molecule has 7 nitrogen and oxygen atoms in total. The Bertz CT molecular complexity index is 730. The molecule has 2 heterocycles. The van der Waals surface area contributed by atoms with Crippen molar-refractivity contribution >= 4 is 28.2 Å². The number of oxazole rings is 1. The van der Waals surface area contributed by atoms with Crippen molar-refractivity contribution < 1.29 is 17.6 Å². The standard InChI is InChI=1S/C16H25N3O4S.ClH/c1-10-15(23-11(2)17-10)16(20)18-14-9-19(6-7-24(3,21)22)8-13(14)12-4-5-12;/h12-14H,4-9H2,1-3H3,(H,18,20);1H/t13-,14+;/m1./s1. The van der Waals surface area contributed by atoms with Gasteiger partial charge in [0.2, 0.25) is 5.76 Å². The molecule has 2 atom stereocenters. The molecule has 9 heteroatoms. The van der Waals surface area contributed by atoms with Crippen LogP contribution in [0.25, 0.3) is 0 Å². The van der Waals surface area contributed by atoms with Crippen LogP contribution in [0.15, 0.2) is 4.42 Å². The van der Waals surface area contributed by atoms with E-state index in [4.69, 9.17) is 4.42 Å². The van der Waals surface area contributed by atoms with Crippen LogP contribution in [0.2, 0.25) is 0 Å². The summed E-state index contributed by atoms with van der Waals surface area (Å²) in [6.45, 7) is 5.54. The number of rotatable bonds is 6. The molecule has 1 aliphatic heterocycles. The van der Waals surface area contributed by atoms with Crippen molar-refractivity contribution in [2.75, 3.05) is 31.6 Å². The predicted molar refractivity (Wildman–Crippen MR) is 96.8 cm³/mol. The number of likely N-dealkylation sites (tertiary alicyclic amines) is 1. The van der Waals surface area contributed by atoms with Crippen LogP contribution in [0.5, 0.6) is 0 Å². The number of nitrogens with one attached hydrogen (secondary N) is 1. The predicted octanol–water partition coefficient (Wildman–Crippen LogP) is 1.20. The molecule has 0 radical (unpaired) electrons. The Morgan fingerprint density at radius 1 is 1.32 bits per heavy atom. The van der Waals surface area contributed by atoms with Crippen LogP contribution >= 0.6 is 12.4 Å². The minimum absolute atomic E-state index is 0. The third-order valence-electron chi connectivity index (χ3n) is 4.87. The zero-order valence-electron chi connectivity index (χ0n) is 14.8. The number of sulfone groups is 1. The largest absolute Gasteiger partial charge is 0.436 e. The normalized spacial score (nSPS) is 24.1. The molecule has 2 fully saturated rings. The fourth-order valence-electron chi connectivity index (χ4n) is 3.52. The molecule has 2 aliphatic rings. The first kappa shape index (κ1) is 20.2. The van der Waals surface area contributed by atoms with E-state index in [0.717, 1.165) is 6.54 Å². The number of hydrogen-bond donors (Lipinski definition) is 1. The van der Waals surface area contributed by atoms with Gasteiger partial charge >= 0.3 is 0 Å². The Balaban J connectivity index is 0.00000225. The minimum atomic E-state index is -2.97. The van der Waals surface area contributed by atoms with Crippen molar-refractivity contribution in [3.8, 4) is 0 Å². The Labute approximate surface area is 154 Å². The summed E-state index contributed by atoms with van der Waals surface area (Å²) < 4.78 is 28.2. The second-order valence-electron chi connectivity index (χ2n) is 7.12. The zero-order chi connectivity index (χ0) is 17.5. The first-order chi connectivity index (χ1) is 11.2. The number of hydrogen-bond acceptors (Lipinski definition) is 6. The molecule has 1 aromatic heterocycles. The second kappa shape index (κ2) is 7.63.